The van der Waals surface area contributed by atoms with E-state index >= 15 is 0 Å². The Hall–Kier alpha value is -2.71. The van der Waals surface area contributed by atoms with Gasteiger partial charge in [-0.2, -0.15) is 0 Å². The van der Waals surface area contributed by atoms with Gasteiger partial charge in [-0.1, -0.05) is 25.0 Å². The number of aryl methyl sites for hydroxylation is 2. The fourth-order valence-corrected chi connectivity index (χ4v) is 8.11. The monoisotopic (exact) mass is 561 g/mol. The number of fused-ring (bicyclic) bond motifs is 1. The van der Waals surface area contributed by atoms with Crippen LogP contribution in [0.2, 0.25) is 0 Å². The maximum absolute atomic E-state index is 14.4. The van der Waals surface area contributed by atoms with Crippen LogP contribution in [0.3, 0.4) is 0 Å². The highest BCUT2D eigenvalue weighted by atomic mass is 19.1. The minimum Gasteiger partial charge on any atom is -0.338 e. The quantitative estimate of drug-likeness (QED) is 0.475. The number of amides is 1. The molecule has 1 aromatic heterocycles. The number of aromatic nitrogens is 2. The molecule has 4 aliphatic rings. The van der Waals surface area contributed by atoms with E-state index in [2.05, 4.69) is 25.8 Å². The van der Waals surface area contributed by atoms with E-state index in [1.807, 2.05) is 24.8 Å². The van der Waals surface area contributed by atoms with E-state index < -0.39 is 0 Å². The van der Waals surface area contributed by atoms with Crippen LogP contribution in [0.4, 0.5) is 4.39 Å². The molecule has 8 heteroatoms. The van der Waals surface area contributed by atoms with E-state index in [1.165, 1.54) is 25.2 Å². The van der Waals surface area contributed by atoms with Crippen molar-refractivity contribution < 1.29 is 14.0 Å². The maximum Gasteiger partial charge on any atom is 0.257 e. The fraction of sp³-hybridized carbons (Fsp3) is 0.636. The lowest BCUT2D eigenvalue weighted by Gasteiger charge is -2.43. The third-order valence-corrected chi connectivity index (χ3v) is 10.6. The molecule has 3 aliphatic heterocycles. The first-order chi connectivity index (χ1) is 19.8. The van der Waals surface area contributed by atoms with Gasteiger partial charge in [0.2, 0.25) is 0 Å². The smallest absolute Gasteiger partial charge is 0.257 e. The molecule has 1 saturated carbocycles. The molecule has 6 rings (SSSR count). The molecule has 220 valence electrons. The van der Waals surface area contributed by atoms with E-state index in [0.717, 1.165) is 94.9 Å². The molecular weight excluding hydrogens is 517 g/mol. The summed E-state index contributed by atoms with van der Waals surface area (Å²) in [4.78, 5) is 41.5. The van der Waals surface area contributed by atoms with Crippen molar-refractivity contribution in [1.29, 1.82) is 0 Å². The first-order valence-electron chi connectivity index (χ1n) is 15.6. The number of hydrogen-bond acceptors (Lipinski definition) is 6. The molecule has 1 amide bonds. The van der Waals surface area contributed by atoms with Crippen LogP contribution in [0, 0.1) is 37.4 Å². The van der Waals surface area contributed by atoms with Crippen molar-refractivity contribution in [2.45, 2.75) is 64.2 Å². The second kappa shape index (κ2) is 11.9. The Morgan fingerprint density at radius 1 is 0.951 bits per heavy atom. The Balaban J connectivity index is 1.06. The van der Waals surface area contributed by atoms with Gasteiger partial charge < -0.3 is 9.80 Å². The topological polar surface area (TPSA) is 69.6 Å². The average molecular weight is 562 g/mol. The molecule has 2 aromatic rings. The molecule has 1 aliphatic carbocycles. The van der Waals surface area contributed by atoms with Gasteiger partial charge >= 0.3 is 0 Å². The molecule has 0 N–H and O–H groups in total. The van der Waals surface area contributed by atoms with Crippen molar-refractivity contribution in [2.24, 2.45) is 17.8 Å². The molecule has 4 heterocycles. The lowest BCUT2D eigenvalue weighted by Crippen LogP contribution is -2.46. The number of rotatable bonds is 8. The van der Waals surface area contributed by atoms with Crippen molar-refractivity contribution in [3.8, 4) is 0 Å². The van der Waals surface area contributed by atoms with Crippen molar-refractivity contribution in [1.82, 2.24) is 24.7 Å². The summed E-state index contributed by atoms with van der Waals surface area (Å²) in [5.41, 5.74) is 3.18. The normalized spacial score (nSPS) is 25.1. The molecule has 41 heavy (non-hydrogen) atoms. The van der Waals surface area contributed by atoms with Crippen molar-refractivity contribution >= 4 is 11.7 Å². The number of Topliss-reactive ketones (excluding diaryl/α,β-unsaturated/α-hetero) is 1. The minimum atomic E-state index is -0.171. The molecule has 1 aromatic carbocycles. The first kappa shape index (κ1) is 28.4. The molecular formula is C33H44FN5O2. The highest BCUT2D eigenvalue weighted by Gasteiger charge is 2.44. The summed E-state index contributed by atoms with van der Waals surface area (Å²) in [5, 5.41) is 0. The molecule has 2 atom stereocenters. The van der Waals surface area contributed by atoms with Gasteiger partial charge in [0.05, 0.1) is 23.5 Å². The summed E-state index contributed by atoms with van der Waals surface area (Å²) in [6, 6.07) is 7.21. The van der Waals surface area contributed by atoms with Gasteiger partial charge in [0.25, 0.3) is 5.91 Å². The van der Waals surface area contributed by atoms with Crippen molar-refractivity contribution in [3.63, 3.8) is 0 Å². The minimum absolute atomic E-state index is 0.0600. The van der Waals surface area contributed by atoms with Gasteiger partial charge in [0, 0.05) is 32.1 Å². The van der Waals surface area contributed by atoms with Crippen LogP contribution in [0.5, 0.6) is 0 Å². The molecule has 2 unspecified atom stereocenters. The highest BCUT2D eigenvalue weighted by Crippen LogP contribution is 2.41. The molecule has 7 nitrogen and oxygen atoms in total. The van der Waals surface area contributed by atoms with Crippen LogP contribution in [-0.2, 0) is 10.2 Å². The largest absolute Gasteiger partial charge is 0.338 e. The van der Waals surface area contributed by atoms with Crippen LogP contribution in [0.1, 0.15) is 72.3 Å². The number of halogens is 1. The number of benzene rings is 1. The fourth-order valence-electron chi connectivity index (χ4n) is 8.11. The number of hydrogen-bond donors (Lipinski definition) is 0. The van der Waals surface area contributed by atoms with Crippen LogP contribution in [-0.4, -0.2) is 88.7 Å². The zero-order valence-corrected chi connectivity index (χ0v) is 24.7. The van der Waals surface area contributed by atoms with Crippen LogP contribution >= 0.6 is 0 Å². The lowest BCUT2D eigenvalue weighted by atomic mass is 9.70. The molecule has 0 radical (unpaired) electrons. The van der Waals surface area contributed by atoms with Crippen molar-refractivity contribution in [3.05, 3.63) is 58.9 Å². The number of carbonyl (C=O) groups excluding carboxylic acids is 2. The van der Waals surface area contributed by atoms with Crippen molar-refractivity contribution in [2.75, 3.05) is 52.4 Å². The lowest BCUT2D eigenvalue weighted by molar-refractivity contribution is -0.124. The van der Waals surface area contributed by atoms with E-state index in [-0.39, 0.29) is 23.1 Å². The second-order valence-corrected chi connectivity index (χ2v) is 13.2. The number of ketones is 1. The molecule has 0 bridgehead atoms. The van der Waals surface area contributed by atoms with Gasteiger partial charge in [-0.15, -0.1) is 0 Å². The highest BCUT2D eigenvalue weighted by molar-refractivity contribution is 5.96. The molecule has 0 spiro atoms. The Bertz CT molecular complexity index is 1240. The summed E-state index contributed by atoms with van der Waals surface area (Å²) in [5.74, 6) is 1.54. The summed E-state index contributed by atoms with van der Waals surface area (Å²) < 4.78 is 14.4. The third-order valence-electron chi connectivity index (χ3n) is 10.6. The standard InChI is InChI=1S/C33H44FN5O2/c1-23-31(24(2)36-22-35-23)32(41)39-19-26-17-38(18-27(26)20-39)15-12-33(28-8-5-9-29(34)16-28)10-13-37(14-11-33)21-30(40)25-6-3-4-7-25/h5,8-9,16,22,25-27H,3-4,6-7,10-15,17-21H2,1-2H3. The molecule has 3 saturated heterocycles. The summed E-state index contributed by atoms with van der Waals surface area (Å²) in [7, 11) is 0. The number of nitrogens with zero attached hydrogens (tertiary/aromatic N) is 5. The van der Waals surface area contributed by atoms with Crippen LogP contribution in [0.25, 0.3) is 0 Å². The Kier molecular flexibility index (Phi) is 8.23. The van der Waals surface area contributed by atoms with Gasteiger partial charge in [-0.25, -0.2) is 14.4 Å². The van der Waals surface area contributed by atoms with Gasteiger partial charge in [0.15, 0.2) is 0 Å². The third kappa shape index (κ3) is 5.96. The zero-order chi connectivity index (χ0) is 28.6. The predicted octanol–water partition coefficient (Wildman–Crippen LogP) is 4.42. The SMILES string of the molecule is Cc1ncnc(C)c1C(=O)N1CC2CN(CCC3(c4cccc(F)c4)CCN(CC(=O)C4CCCC4)CC3)CC2C1. The van der Waals surface area contributed by atoms with E-state index in [0.29, 0.717) is 29.7 Å². The van der Waals surface area contributed by atoms with Gasteiger partial charge in [-0.05, 0) is 101 Å². The van der Waals surface area contributed by atoms with E-state index in [1.54, 1.807) is 6.07 Å². The van der Waals surface area contributed by atoms with Crippen LogP contribution in [0.15, 0.2) is 30.6 Å². The first-order valence-corrected chi connectivity index (χ1v) is 15.6. The number of likely N-dealkylation sites (tertiary alicyclic amines) is 3. The Morgan fingerprint density at radius 3 is 2.24 bits per heavy atom. The van der Waals surface area contributed by atoms with E-state index in [9.17, 15) is 14.0 Å². The molecule has 4 fully saturated rings. The average Bonchev–Trinajstić information content (AvgIpc) is 3.70. The van der Waals surface area contributed by atoms with Crippen LogP contribution < -0.4 is 0 Å². The number of piperidine rings is 1. The number of carbonyl (C=O) groups is 2. The Labute approximate surface area is 243 Å². The van der Waals surface area contributed by atoms with Gasteiger partial charge in [0.1, 0.15) is 17.9 Å². The second-order valence-electron chi connectivity index (χ2n) is 13.2. The summed E-state index contributed by atoms with van der Waals surface area (Å²) >= 11 is 0. The zero-order valence-electron chi connectivity index (χ0n) is 24.7. The Morgan fingerprint density at radius 2 is 1.61 bits per heavy atom. The van der Waals surface area contributed by atoms with E-state index in [4.69, 9.17) is 0 Å². The predicted molar refractivity (Wildman–Crippen MR) is 156 cm³/mol. The maximum atomic E-state index is 14.4. The van der Waals surface area contributed by atoms with Gasteiger partial charge in [-0.3, -0.25) is 14.5 Å². The summed E-state index contributed by atoms with van der Waals surface area (Å²) in [6.07, 6.45) is 8.91. The summed E-state index contributed by atoms with van der Waals surface area (Å²) in [6.45, 7) is 10.7.